The Morgan fingerprint density at radius 2 is 2.11 bits per heavy atom. The molecule has 0 radical (unpaired) electrons. The number of ether oxygens (including phenoxy) is 2. The Morgan fingerprint density at radius 3 is 2.63 bits per heavy atom. The van der Waals surface area contributed by atoms with Gasteiger partial charge < -0.3 is 19.9 Å². The fourth-order valence-electron chi connectivity index (χ4n) is 2.38. The molecule has 1 saturated carbocycles. The van der Waals surface area contributed by atoms with E-state index < -0.39 is 0 Å². The number of nitrogens with one attached hydrogen (secondary N) is 1. The molecular formula is C15H23NO3. The standard InChI is InChI=1S/C15H23NO3/c1-11-4-7-13(14(8-11)18-3)19-10-15(9-17,16-2)12-5-6-12/h4,7-8,12,16-17H,5-6,9-10H2,1-3H3. The van der Waals surface area contributed by atoms with Crippen LogP contribution in [0.1, 0.15) is 18.4 Å². The first-order valence-electron chi connectivity index (χ1n) is 6.72. The highest BCUT2D eigenvalue weighted by Gasteiger charge is 2.44. The van der Waals surface area contributed by atoms with Crippen LogP contribution < -0.4 is 14.8 Å². The summed E-state index contributed by atoms with van der Waals surface area (Å²) in [6, 6.07) is 5.86. The molecule has 1 aromatic rings. The molecule has 1 aliphatic carbocycles. The molecule has 0 amide bonds. The highest BCUT2D eigenvalue weighted by Crippen LogP contribution is 2.40. The smallest absolute Gasteiger partial charge is 0.161 e. The van der Waals surface area contributed by atoms with Gasteiger partial charge in [0.15, 0.2) is 11.5 Å². The quantitative estimate of drug-likeness (QED) is 0.788. The fourth-order valence-corrected chi connectivity index (χ4v) is 2.38. The Kier molecular flexibility index (Phi) is 4.32. The summed E-state index contributed by atoms with van der Waals surface area (Å²) < 4.78 is 11.2. The van der Waals surface area contributed by atoms with E-state index in [0.717, 1.165) is 29.9 Å². The van der Waals surface area contributed by atoms with Crippen molar-refractivity contribution in [2.45, 2.75) is 25.3 Å². The fraction of sp³-hybridized carbons (Fsp3) is 0.600. The SMILES string of the molecule is CNC(CO)(COc1ccc(C)cc1OC)C1CC1. The number of likely N-dealkylation sites (N-methyl/N-ethyl adjacent to an activating group) is 1. The minimum absolute atomic E-state index is 0.0857. The third-order valence-corrected chi connectivity index (χ3v) is 3.94. The molecule has 106 valence electrons. The van der Waals surface area contributed by atoms with E-state index in [1.165, 1.54) is 0 Å². The van der Waals surface area contributed by atoms with E-state index in [1.807, 2.05) is 32.2 Å². The minimum atomic E-state index is -0.337. The second-order valence-corrected chi connectivity index (χ2v) is 5.28. The maximum Gasteiger partial charge on any atom is 0.161 e. The van der Waals surface area contributed by atoms with E-state index in [4.69, 9.17) is 9.47 Å². The third-order valence-electron chi connectivity index (χ3n) is 3.94. The summed E-state index contributed by atoms with van der Waals surface area (Å²) in [5.74, 6) is 1.96. The molecule has 1 fully saturated rings. The normalized spacial score (nSPS) is 17.9. The van der Waals surface area contributed by atoms with Crippen LogP contribution in [0.3, 0.4) is 0 Å². The summed E-state index contributed by atoms with van der Waals surface area (Å²) in [5.41, 5.74) is 0.795. The van der Waals surface area contributed by atoms with E-state index in [0.29, 0.717) is 12.5 Å². The zero-order chi connectivity index (χ0) is 13.9. The van der Waals surface area contributed by atoms with Gasteiger partial charge in [-0.1, -0.05) is 6.07 Å². The lowest BCUT2D eigenvalue weighted by atomic mass is 9.95. The highest BCUT2D eigenvalue weighted by molar-refractivity contribution is 5.42. The predicted octanol–water partition coefficient (Wildman–Crippen LogP) is 1.74. The third kappa shape index (κ3) is 3.01. The Labute approximate surface area is 114 Å². The number of hydrogen-bond donors (Lipinski definition) is 2. The topological polar surface area (TPSA) is 50.7 Å². The molecular weight excluding hydrogens is 242 g/mol. The summed E-state index contributed by atoms with van der Waals surface area (Å²) in [4.78, 5) is 0. The van der Waals surface area contributed by atoms with E-state index in [1.54, 1.807) is 7.11 Å². The molecule has 0 aliphatic heterocycles. The van der Waals surface area contributed by atoms with Crippen molar-refractivity contribution in [2.24, 2.45) is 5.92 Å². The number of aryl methyl sites for hydroxylation is 1. The molecule has 1 aliphatic rings. The van der Waals surface area contributed by atoms with Gasteiger partial charge in [0.25, 0.3) is 0 Å². The van der Waals surface area contributed by atoms with Crippen LogP contribution in [0.5, 0.6) is 11.5 Å². The summed E-state index contributed by atoms with van der Waals surface area (Å²) in [7, 11) is 3.52. The Hall–Kier alpha value is -1.26. The first-order chi connectivity index (χ1) is 9.15. The minimum Gasteiger partial charge on any atom is -0.493 e. The largest absolute Gasteiger partial charge is 0.493 e. The van der Waals surface area contributed by atoms with Crippen LogP contribution in [0.25, 0.3) is 0 Å². The zero-order valence-corrected chi connectivity index (χ0v) is 11.9. The number of benzene rings is 1. The van der Waals surface area contributed by atoms with Crippen LogP contribution in [0.2, 0.25) is 0 Å². The zero-order valence-electron chi connectivity index (χ0n) is 11.9. The van der Waals surface area contributed by atoms with Gasteiger partial charge in [0.1, 0.15) is 6.61 Å². The van der Waals surface area contributed by atoms with Crippen molar-refractivity contribution in [1.29, 1.82) is 0 Å². The van der Waals surface area contributed by atoms with Crippen molar-refractivity contribution < 1.29 is 14.6 Å². The lowest BCUT2D eigenvalue weighted by Crippen LogP contribution is -2.53. The summed E-state index contributed by atoms with van der Waals surface area (Å²) in [6.45, 7) is 2.55. The van der Waals surface area contributed by atoms with Crippen molar-refractivity contribution in [3.63, 3.8) is 0 Å². The number of aliphatic hydroxyl groups excluding tert-OH is 1. The van der Waals surface area contributed by atoms with Gasteiger partial charge in [-0.3, -0.25) is 0 Å². The Bertz CT molecular complexity index is 425. The molecule has 19 heavy (non-hydrogen) atoms. The molecule has 1 aromatic carbocycles. The number of hydrogen-bond acceptors (Lipinski definition) is 4. The lowest BCUT2D eigenvalue weighted by molar-refractivity contribution is 0.0900. The number of aliphatic hydroxyl groups is 1. The summed E-state index contributed by atoms with van der Waals surface area (Å²) in [5, 5.41) is 12.9. The van der Waals surface area contributed by atoms with Gasteiger partial charge in [0.2, 0.25) is 0 Å². The summed E-state index contributed by atoms with van der Waals surface area (Å²) >= 11 is 0. The highest BCUT2D eigenvalue weighted by atomic mass is 16.5. The maximum atomic E-state index is 9.66. The molecule has 2 N–H and O–H groups in total. The second kappa shape index (κ2) is 5.80. The average Bonchev–Trinajstić information content (AvgIpc) is 3.26. The molecule has 0 spiro atoms. The molecule has 1 unspecified atom stereocenters. The van der Waals surface area contributed by atoms with E-state index in [2.05, 4.69) is 5.32 Å². The summed E-state index contributed by atoms with van der Waals surface area (Å²) in [6.07, 6.45) is 2.30. The van der Waals surface area contributed by atoms with Crippen molar-refractivity contribution in [1.82, 2.24) is 5.32 Å². The van der Waals surface area contributed by atoms with Gasteiger partial charge in [-0.25, -0.2) is 0 Å². The van der Waals surface area contributed by atoms with Gasteiger partial charge in [0, 0.05) is 0 Å². The number of methoxy groups -OCH3 is 1. The number of rotatable bonds is 7. The van der Waals surface area contributed by atoms with E-state index in [9.17, 15) is 5.11 Å². The maximum absolute atomic E-state index is 9.66. The van der Waals surface area contributed by atoms with Crippen LogP contribution in [-0.2, 0) is 0 Å². The monoisotopic (exact) mass is 265 g/mol. The van der Waals surface area contributed by atoms with E-state index >= 15 is 0 Å². The first-order valence-corrected chi connectivity index (χ1v) is 6.72. The molecule has 4 nitrogen and oxygen atoms in total. The van der Waals surface area contributed by atoms with E-state index in [-0.39, 0.29) is 12.1 Å². The molecule has 0 bridgehead atoms. The molecule has 4 heteroatoms. The predicted molar refractivity (Wildman–Crippen MR) is 74.8 cm³/mol. The second-order valence-electron chi connectivity index (χ2n) is 5.28. The van der Waals surface area contributed by atoms with Crippen molar-refractivity contribution in [2.75, 3.05) is 27.4 Å². The van der Waals surface area contributed by atoms with Crippen LogP contribution in [-0.4, -0.2) is 38.0 Å². The van der Waals surface area contributed by atoms with Gasteiger partial charge in [-0.05, 0) is 50.4 Å². The van der Waals surface area contributed by atoms with Crippen molar-refractivity contribution in [3.8, 4) is 11.5 Å². The molecule has 2 rings (SSSR count). The molecule has 0 saturated heterocycles. The molecule has 1 atom stereocenters. The van der Waals surface area contributed by atoms with Gasteiger partial charge >= 0.3 is 0 Å². The van der Waals surface area contributed by atoms with Crippen molar-refractivity contribution in [3.05, 3.63) is 23.8 Å². The Balaban J connectivity index is 2.08. The van der Waals surface area contributed by atoms with Crippen LogP contribution in [0.4, 0.5) is 0 Å². The van der Waals surface area contributed by atoms with Crippen LogP contribution >= 0.6 is 0 Å². The lowest BCUT2D eigenvalue weighted by Gasteiger charge is -2.31. The van der Waals surface area contributed by atoms with Crippen molar-refractivity contribution >= 4 is 0 Å². The van der Waals surface area contributed by atoms with Crippen LogP contribution in [0, 0.1) is 12.8 Å². The first kappa shape index (κ1) is 14.2. The van der Waals surface area contributed by atoms with Crippen LogP contribution in [0.15, 0.2) is 18.2 Å². The van der Waals surface area contributed by atoms with Gasteiger partial charge in [0.05, 0.1) is 19.3 Å². The molecule has 0 aromatic heterocycles. The van der Waals surface area contributed by atoms with Gasteiger partial charge in [-0.15, -0.1) is 0 Å². The average molecular weight is 265 g/mol. The Morgan fingerprint density at radius 1 is 1.37 bits per heavy atom. The molecule has 0 heterocycles. The van der Waals surface area contributed by atoms with Gasteiger partial charge in [-0.2, -0.15) is 0 Å².